The van der Waals surface area contributed by atoms with Crippen LogP contribution in [0.1, 0.15) is 16.8 Å². The van der Waals surface area contributed by atoms with Crippen molar-refractivity contribution in [3.8, 4) is 11.5 Å². The second kappa shape index (κ2) is 9.19. The number of quaternary nitrogens is 1. The molecule has 0 bridgehead atoms. The molecule has 6 nitrogen and oxygen atoms in total. The van der Waals surface area contributed by atoms with Crippen molar-refractivity contribution in [3.05, 3.63) is 47.8 Å². The molecule has 0 unspecified atom stereocenters. The highest BCUT2D eigenvalue weighted by atomic mass is 32.1. The second-order valence-corrected chi connectivity index (χ2v) is 7.96. The van der Waals surface area contributed by atoms with Crippen LogP contribution >= 0.6 is 11.3 Å². The molecule has 0 aliphatic heterocycles. The highest BCUT2D eigenvalue weighted by Crippen LogP contribution is 2.32. The van der Waals surface area contributed by atoms with Crippen LogP contribution in [-0.2, 0) is 0 Å². The van der Waals surface area contributed by atoms with E-state index in [9.17, 15) is 9.18 Å². The SMILES string of the molecule is COc1cc(OC)cc(C(=O)N(CCC[NH+](C)C)c2nc3c(F)cccc3s2)c1. The number of fused-ring (bicyclic) bond motifs is 1. The van der Waals surface area contributed by atoms with Gasteiger partial charge in [-0.2, -0.15) is 0 Å². The quantitative estimate of drug-likeness (QED) is 0.611. The van der Waals surface area contributed by atoms with Gasteiger partial charge in [0.2, 0.25) is 0 Å². The van der Waals surface area contributed by atoms with Crippen molar-refractivity contribution >= 4 is 32.6 Å². The van der Waals surface area contributed by atoms with Crippen molar-refractivity contribution in [2.24, 2.45) is 0 Å². The Kier molecular flexibility index (Phi) is 6.66. The first-order chi connectivity index (χ1) is 13.9. The first-order valence-electron chi connectivity index (χ1n) is 9.32. The molecule has 1 heterocycles. The van der Waals surface area contributed by atoms with Gasteiger partial charge in [-0.3, -0.25) is 9.69 Å². The zero-order chi connectivity index (χ0) is 21.0. The van der Waals surface area contributed by atoms with E-state index in [2.05, 4.69) is 19.1 Å². The number of ether oxygens (including phenoxy) is 2. The number of carbonyl (C=O) groups is 1. The number of nitrogens with one attached hydrogen (secondary N) is 1. The number of anilines is 1. The molecule has 0 radical (unpaired) electrons. The number of hydrogen-bond donors (Lipinski definition) is 1. The molecule has 1 aromatic heterocycles. The maximum absolute atomic E-state index is 14.1. The molecule has 3 rings (SSSR count). The zero-order valence-corrected chi connectivity index (χ0v) is 17.8. The summed E-state index contributed by atoms with van der Waals surface area (Å²) in [6, 6.07) is 9.88. The van der Waals surface area contributed by atoms with Crippen LogP contribution in [0.5, 0.6) is 11.5 Å². The molecule has 1 N–H and O–H groups in total. The number of nitrogens with zero attached hydrogens (tertiary/aromatic N) is 2. The Hall–Kier alpha value is -2.71. The van der Waals surface area contributed by atoms with Gasteiger partial charge in [0.25, 0.3) is 5.91 Å². The lowest BCUT2D eigenvalue weighted by atomic mass is 10.1. The van der Waals surface area contributed by atoms with Crippen LogP contribution in [0.2, 0.25) is 0 Å². The molecular weight excluding hydrogens is 393 g/mol. The van der Waals surface area contributed by atoms with Crippen LogP contribution in [0.15, 0.2) is 36.4 Å². The van der Waals surface area contributed by atoms with Crippen LogP contribution in [-0.4, -0.2) is 52.3 Å². The third-order valence-electron chi connectivity index (χ3n) is 4.49. The van der Waals surface area contributed by atoms with Crippen molar-refractivity contribution in [1.82, 2.24) is 4.98 Å². The summed E-state index contributed by atoms with van der Waals surface area (Å²) in [6.45, 7) is 1.37. The normalized spacial score (nSPS) is 11.1. The van der Waals surface area contributed by atoms with Gasteiger partial charge in [-0.25, -0.2) is 9.37 Å². The molecule has 3 aromatic rings. The minimum Gasteiger partial charge on any atom is -0.497 e. The summed E-state index contributed by atoms with van der Waals surface area (Å²) in [7, 11) is 7.20. The number of benzene rings is 2. The summed E-state index contributed by atoms with van der Waals surface area (Å²) < 4.78 is 25.4. The van der Waals surface area contributed by atoms with Crippen molar-refractivity contribution in [2.75, 3.05) is 46.3 Å². The van der Waals surface area contributed by atoms with Gasteiger partial charge in [0.1, 0.15) is 22.8 Å². The van der Waals surface area contributed by atoms with Gasteiger partial charge in [-0.15, -0.1) is 0 Å². The van der Waals surface area contributed by atoms with E-state index in [4.69, 9.17) is 9.47 Å². The smallest absolute Gasteiger partial charge is 0.260 e. The first kappa shape index (κ1) is 21.0. The number of carbonyl (C=O) groups excluding carboxylic acids is 1. The Morgan fingerprint density at radius 2 is 1.86 bits per heavy atom. The van der Waals surface area contributed by atoms with Gasteiger partial charge >= 0.3 is 0 Å². The highest BCUT2D eigenvalue weighted by Gasteiger charge is 2.23. The van der Waals surface area contributed by atoms with E-state index in [0.717, 1.165) is 13.0 Å². The summed E-state index contributed by atoms with van der Waals surface area (Å²) in [6.07, 6.45) is 0.785. The van der Waals surface area contributed by atoms with Crippen LogP contribution in [0, 0.1) is 5.82 Å². The number of rotatable bonds is 8. The number of aromatic nitrogens is 1. The molecule has 0 spiro atoms. The summed E-state index contributed by atoms with van der Waals surface area (Å²) in [5.74, 6) is 0.440. The summed E-state index contributed by atoms with van der Waals surface area (Å²) in [5, 5.41) is 0.477. The Bertz CT molecular complexity index is 984. The standard InChI is InChI=1S/C21H24FN3O3S/c1-24(2)9-6-10-25(21-23-19-17(22)7-5-8-18(19)29-21)20(26)14-11-15(27-3)13-16(12-14)28-4/h5,7-8,11-13H,6,9-10H2,1-4H3/p+1. The fraction of sp³-hybridized carbons (Fsp3) is 0.333. The molecule has 0 aliphatic rings. The van der Waals surface area contributed by atoms with E-state index in [0.29, 0.717) is 33.4 Å². The maximum atomic E-state index is 14.1. The average Bonchev–Trinajstić information content (AvgIpc) is 3.15. The van der Waals surface area contributed by atoms with Crippen LogP contribution in [0.4, 0.5) is 9.52 Å². The summed E-state index contributed by atoms with van der Waals surface area (Å²) in [4.78, 5) is 20.7. The zero-order valence-electron chi connectivity index (χ0n) is 17.0. The van der Waals surface area contributed by atoms with E-state index in [1.54, 1.807) is 35.2 Å². The number of hydrogen-bond acceptors (Lipinski definition) is 5. The van der Waals surface area contributed by atoms with Gasteiger partial charge in [0.15, 0.2) is 5.13 Å². The van der Waals surface area contributed by atoms with Crippen LogP contribution in [0.3, 0.4) is 0 Å². The Labute approximate surface area is 173 Å². The van der Waals surface area contributed by atoms with E-state index in [-0.39, 0.29) is 11.4 Å². The van der Waals surface area contributed by atoms with Crippen molar-refractivity contribution < 1.29 is 23.6 Å². The second-order valence-electron chi connectivity index (χ2n) is 6.95. The molecule has 0 aliphatic carbocycles. The highest BCUT2D eigenvalue weighted by molar-refractivity contribution is 7.22. The van der Waals surface area contributed by atoms with E-state index < -0.39 is 5.82 Å². The summed E-state index contributed by atoms with van der Waals surface area (Å²) in [5.41, 5.74) is 0.713. The molecule has 1 amide bonds. The van der Waals surface area contributed by atoms with Gasteiger partial charge in [0, 0.05) is 24.6 Å². The van der Waals surface area contributed by atoms with Crippen molar-refractivity contribution in [1.29, 1.82) is 0 Å². The van der Waals surface area contributed by atoms with Crippen LogP contribution in [0.25, 0.3) is 10.2 Å². The topological polar surface area (TPSA) is 56.1 Å². The maximum Gasteiger partial charge on any atom is 0.260 e. The molecule has 0 atom stereocenters. The third-order valence-corrected chi connectivity index (χ3v) is 5.53. The molecule has 0 saturated carbocycles. The fourth-order valence-corrected chi connectivity index (χ4v) is 3.98. The number of halogens is 1. The molecule has 8 heteroatoms. The largest absolute Gasteiger partial charge is 0.497 e. The molecule has 29 heavy (non-hydrogen) atoms. The Morgan fingerprint density at radius 1 is 1.17 bits per heavy atom. The number of para-hydroxylation sites is 1. The average molecular weight is 419 g/mol. The van der Waals surface area contributed by atoms with Crippen LogP contribution < -0.4 is 19.3 Å². The lowest BCUT2D eigenvalue weighted by molar-refractivity contribution is -0.858. The van der Waals surface area contributed by atoms with E-state index in [1.165, 1.54) is 36.5 Å². The summed E-state index contributed by atoms with van der Waals surface area (Å²) >= 11 is 1.31. The Morgan fingerprint density at radius 3 is 2.45 bits per heavy atom. The first-order valence-corrected chi connectivity index (χ1v) is 10.1. The fourth-order valence-electron chi connectivity index (χ4n) is 2.98. The van der Waals surface area contributed by atoms with Gasteiger partial charge in [-0.1, -0.05) is 17.4 Å². The predicted molar refractivity (Wildman–Crippen MR) is 113 cm³/mol. The van der Waals surface area contributed by atoms with Crippen molar-refractivity contribution in [3.63, 3.8) is 0 Å². The molecule has 0 saturated heterocycles. The van der Waals surface area contributed by atoms with E-state index >= 15 is 0 Å². The van der Waals surface area contributed by atoms with Gasteiger partial charge < -0.3 is 14.4 Å². The minimum absolute atomic E-state index is 0.226. The molecule has 0 fully saturated rings. The van der Waals surface area contributed by atoms with E-state index in [1.807, 2.05) is 0 Å². The number of thiazole rings is 1. The molecule has 154 valence electrons. The number of amides is 1. The third kappa shape index (κ3) is 4.83. The molecule has 2 aromatic carbocycles. The predicted octanol–water partition coefficient (Wildman–Crippen LogP) is 2.63. The Balaban J connectivity index is 2.00. The monoisotopic (exact) mass is 418 g/mol. The van der Waals surface area contributed by atoms with Gasteiger partial charge in [0.05, 0.1) is 39.6 Å². The number of methoxy groups -OCH3 is 2. The minimum atomic E-state index is -0.391. The van der Waals surface area contributed by atoms with Gasteiger partial charge in [-0.05, 0) is 24.3 Å². The molecular formula is C21H25FN3O3S+. The lowest BCUT2D eigenvalue weighted by Crippen LogP contribution is -3.05. The van der Waals surface area contributed by atoms with Crippen molar-refractivity contribution in [2.45, 2.75) is 6.42 Å². The lowest BCUT2D eigenvalue weighted by Gasteiger charge is -2.21.